The Morgan fingerprint density at radius 2 is 2.06 bits per heavy atom. The summed E-state index contributed by atoms with van der Waals surface area (Å²) >= 11 is 0. The van der Waals surface area contributed by atoms with Gasteiger partial charge in [0, 0.05) is 31.9 Å². The van der Waals surface area contributed by atoms with Gasteiger partial charge in [-0.2, -0.15) is 0 Å². The Morgan fingerprint density at radius 1 is 1.22 bits per heavy atom. The molecule has 3 rings (SSSR count). The highest BCUT2D eigenvalue weighted by Gasteiger charge is 2.16. The Balaban J connectivity index is 1.86. The SMILES string of the molecule is O=C1CCOc2ccc(N3CCNCC3)cc2N1. The van der Waals surface area contributed by atoms with E-state index in [9.17, 15) is 4.79 Å². The first-order chi connectivity index (χ1) is 8.83. The van der Waals surface area contributed by atoms with Gasteiger partial charge in [0.05, 0.1) is 18.7 Å². The number of anilines is 2. The van der Waals surface area contributed by atoms with Gasteiger partial charge < -0.3 is 20.3 Å². The Labute approximate surface area is 106 Å². The minimum absolute atomic E-state index is 0.0196. The lowest BCUT2D eigenvalue weighted by molar-refractivity contribution is -0.116. The number of ether oxygens (including phenoxy) is 1. The molecule has 2 aliphatic rings. The summed E-state index contributed by atoms with van der Waals surface area (Å²) in [6, 6.07) is 6.00. The molecule has 1 fully saturated rings. The molecule has 2 heterocycles. The number of rotatable bonds is 1. The molecule has 18 heavy (non-hydrogen) atoms. The number of nitrogens with zero attached hydrogens (tertiary/aromatic N) is 1. The molecule has 1 aromatic carbocycles. The van der Waals surface area contributed by atoms with E-state index in [0.29, 0.717) is 13.0 Å². The second-order valence-corrected chi connectivity index (χ2v) is 4.56. The third kappa shape index (κ3) is 2.26. The number of fused-ring (bicyclic) bond motifs is 1. The summed E-state index contributed by atoms with van der Waals surface area (Å²) in [7, 11) is 0. The lowest BCUT2D eigenvalue weighted by atomic mass is 10.2. The van der Waals surface area contributed by atoms with Crippen LogP contribution in [0.2, 0.25) is 0 Å². The summed E-state index contributed by atoms with van der Waals surface area (Å²) in [6.07, 6.45) is 0.414. The van der Waals surface area contributed by atoms with Crippen LogP contribution in [0.3, 0.4) is 0 Å². The number of carbonyl (C=O) groups is 1. The van der Waals surface area contributed by atoms with Crippen LogP contribution in [0.15, 0.2) is 18.2 Å². The summed E-state index contributed by atoms with van der Waals surface area (Å²) in [6.45, 7) is 4.44. The van der Waals surface area contributed by atoms with E-state index in [0.717, 1.165) is 43.3 Å². The highest BCUT2D eigenvalue weighted by atomic mass is 16.5. The molecule has 1 saturated heterocycles. The fraction of sp³-hybridized carbons (Fsp3) is 0.462. The largest absolute Gasteiger partial charge is 0.491 e. The first-order valence-electron chi connectivity index (χ1n) is 6.35. The van der Waals surface area contributed by atoms with Crippen molar-refractivity contribution in [2.24, 2.45) is 0 Å². The highest BCUT2D eigenvalue weighted by molar-refractivity contribution is 5.93. The molecule has 0 bridgehead atoms. The van der Waals surface area contributed by atoms with Gasteiger partial charge in [0.25, 0.3) is 0 Å². The summed E-state index contributed by atoms with van der Waals surface area (Å²) in [5.41, 5.74) is 1.93. The average Bonchev–Trinajstić information content (AvgIpc) is 2.59. The van der Waals surface area contributed by atoms with Crippen molar-refractivity contribution in [2.45, 2.75) is 6.42 Å². The number of hydrogen-bond donors (Lipinski definition) is 2. The first kappa shape index (κ1) is 11.3. The van der Waals surface area contributed by atoms with Crippen LogP contribution in [0.4, 0.5) is 11.4 Å². The van der Waals surface area contributed by atoms with Crippen molar-refractivity contribution in [3.63, 3.8) is 0 Å². The third-order valence-corrected chi connectivity index (χ3v) is 3.31. The van der Waals surface area contributed by atoms with Crippen LogP contribution in [-0.2, 0) is 4.79 Å². The fourth-order valence-electron chi connectivity index (χ4n) is 2.33. The van der Waals surface area contributed by atoms with Gasteiger partial charge in [0.15, 0.2) is 0 Å². The molecule has 1 aromatic rings. The van der Waals surface area contributed by atoms with Crippen LogP contribution < -0.4 is 20.3 Å². The predicted molar refractivity (Wildman–Crippen MR) is 70.3 cm³/mol. The van der Waals surface area contributed by atoms with Crippen LogP contribution >= 0.6 is 0 Å². The van der Waals surface area contributed by atoms with Gasteiger partial charge in [0.2, 0.25) is 5.91 Å². The average molecular weight is 247 g/mol. The minimum Gasteiger partial charge on any atom is -0.491 e. The molecular weight excluding hydrogens is 230 g/mol. The van der Waals surface area contributed by atoms with Gasteiger partial charge in [-0.15, -0.1) is 0 Å². The number of benzene rings is 1. The quantitative estimate of drug-likeness (QED) is 0.771. The molecule has 0 aliphatic carbocycles. The van der Waals surface area contributed by atoms with E-state index in [1.54, 1.807) is 0 Å². The molecule has 5 nitrogen and oxygen atoms in total. The van der Waals surface area contributed by atoms with Gasteiger partial charge in [-0.3, -0.25) is 4.79 Å². The summed E-state index contributed by atoms with van der Waals surface area (Å²) in [4.78, 5) is 13.8. The van der Waals surface area contributed by atoms with E-state index in [-0.39, 0.29) is 5.91 Å². The smallest absolute Gasteiger partial charge is 0.227 e. The molecule has 0 spiro atoms. The molecule has 1 amide bonds. The molecular formula is C13H17N3O2. The van der Waals surface area contributed by atoms with E-state index in [2.05, 4.69) is 21.6 Å². The maximum Gasteiger partial charge on any atom is 0.227 e. The molecule has 0 aromatic heterocycles. The van der Waals surface area contributed by atoms with Gasteiger partial charge in [-0.25, -0.2) is 0 Å². The van der Waals surface area contributed by atoms with Crippen molar-refractivity contribution in [3.8, 4) is 5.75 Å². The summed E-state index contributed by atoms with van der Waals surface area (Å²) in [5.74, 6) is 0.783. The minimum atomic E-state index is 0.0196. The van der Waals surface area contributed by atoms with E-state index in [4.69, 9.17) is 4.74 Å². The number of nitrogens with one attached hydrogen (secondary N) is 2. The van der Waals surface area contributed by atoms with Crippen LogP contribution in [0.25, 0.3) is 0 Å². The van der Waals surface area contributed by atoms with E-state index in [1.807, 2.05) is 12.1 Å². The van der Waals surface area contributed by atoms with Crippen LogP contribution in [0.1, 0.15) is 6.42 Å². The Morgan fingerprint density at radius 3 is 2.89 bits per heavy atom. The number of hydrogen-bond acceptors (Lipinski definition) is 4. The molecule has 0 radical (unpaired) electrons. The van der Waals surface area contributed by atoms with E-state index >= 15 is 0 Å². The third-order valence-electron chi connectivity index (χ3n) is 3.31. The zero-order chi connectivity index (χ0) is 12.4. The van der Waals surface area contributed by atoms with Crippen molar-refractivity contribution in [2.75, 3.05) is 43.0 Å². The second-order valence-electron chi connectivity index (χ2n) is 4.56. The maximum absolute atomic E-state index is 11.5. The predicted octanol–water partition coefficient (Wildman–Crippen LogP) is 0.817. The standard InChI is InChI=1S/C13H17N3O2/c17-13-3-8-18-12-2-1-10(9-11(12)15-13)16-6-4-14-5-7-16/h1-2,9,14H,3-8H2,(H,15,17). The lowest BCUT2D eigenvalue weighted by Gasteiger charge is -2.29. The van der Waals surface area contributed by atoms with Crippen LogP contribution in [-0.4, -0.2) is 38.7 Å². The van der Waals surface area contributed by atoms with Crippen LogP contribution in [0, 0.1) is 0 Å². The maximum atomic E-state index is 11.5. The molecule has 0 saturated carbocycles. The van der Waals surface area contributed by atoms with Gasteiger partial charge in [0.1, 0.15) is 5.75 Å². The van der Waals surface area contributed by atoms with E-state index in [1.165, 1.54) is 0 Å². The Hall–Kier alpha value is -1.75. The van der Waals surface area contributed by atoms with Crippen molar-refractivity contribution in [3.05, 3.63) is 18.2 Å². The first-order valence-corrected chi connectivity index (χ1v) is 6.35. The molecule has 2 aliphatic heterocycles. The van der Waals surface area contributed by atoms with Gasteiger partial charge in [-0.05, 0) is 18.2 Å². The summed E-state index contributed by atoms with van der Waals surface area (Å²) < 4.78 is 5.55. The number of carbonyl (C=O) groups excluding carboxylic acids is 1. The fourth-order valence-corrected chi connectivity index (χ4v) is 2.33. The summed E-state index contributed by atoms with van der Waals surface area (Å²) in [5, 5.41) is 6.22. The van der Waals surface area contributed by atoms with Crippen molar-refractivity contribution in [1.82, 2.24) is 5.32 Å². The number of piperazine rings is 1. The Kier molecular flexibility index (Phi) is 3.06. The van der Waals surface area contributed by atoms with Gasteiger partial charge in [-0.1, -0.05) is 0 Å². The van der Waals surface area contributed by atoms with Crippen molar-refractivity contribution < 1.29 is 9.53 Å². The zero-order valence-corrected chi connectivity index (χ0v) is 10.2. The normalized spacial score (nSPS) is 19.6. The van der Waals surface area contributed by atoms with E-state index < -0.39 is 0 Å². The number of amides is 1. The molecule has 0 atom stereocenters. The zero-order valence-electron chi connectivity index (χ0n) is 10.2. The van der Waals surface area contributed by atoms with Gasteiger partial charge >= 0.3 is 0 Å². The second kappa shape index (κ2) is 4.86. The van der Waals surface area contributed by atoms with Crippen LogP contribution in [0.5, 0.6) is 5.75 Å². The monoisotopic (exact) mass is 247 g/mol. The lowest BCUT2D eigenvalue weighted by Crippen LogP contribution is -2.43. The van der Waals surface area contributed by atoms with Crippen molar-refractivity contribution in [1.29, 1.82) is 0 Å². The molecule has 2 N–H and O–H groups in total. The highest BCUT2D eigenvalue weighted by Crippen LogP contribution is 2.31. The topological polar surface area (TPSA) is 53.6 Å². The Bertz CT molecular complexity index is 456. The molecule has 96 valence electrons. The van der Waals surface area contributed by atoms with Crippen molar-refractivity contribution >= 4 is 17.3 Å². The molecule has 5 heteroatoms. The molecule has 0 unspecified atom stereocenters.